The third-order valence-corrected chi connectivity index (χ3v) is 7.43. The zero-order chi connectivity index (χ0) is 31.1. The molecule has 0 saturated carbocycles. The zero-order valence-electron chi connectivity index (χ0n) is 25.0. The topological polar surface area (TPSA) is 172 Å². The second kappa shape index (κ2) is 14.2. The Hall–Kier alpha value is -4.42. The van der Waals surface area contributed by atoms with Gasteiger partial charge < -0.3 is 35.4 Å². The average Bonchev–Trinajstić information content (AvgIpc) is 3.63. The fourth-order valence-electron chi connectivity index (χ4n) is 5.21. The Kier molecular flexibility index (Phi) is 10.4. The van der Waals surface area contributed by atoms with Crippen LogP contribution in [-0.4, -0.2) is 83.5 Å². The van der Waals surface area contributed by atoms with Gasteiger partial charge in [0.1, 0.15) is 42.3 Å². The molecule has 0 unspecified atom stereocenters. The van der Waals surface area contributed by atoms with E-state index in [2.05, 4.69) is 26.4 Å². The predicted molar refractivity (Wildman–Crippen MR) is 155 cm³/mol. The van der Waals surface area contributed by atoms with Crippen molar-refractivity contribution < 1.29 is 33.2 Å². The largest absolute Gasteiger partial charge is 0.492 e. The number of nitrogens with zero attached hydrogens (tertiary/aromatic N) is 2. The van der Waals surface area contributed by atoms with E-state index < -0.39 is 41.9 Å². The third-order valence-electron chi connectivity index (χ3n) is 7.43. The highest BCUT2D eigenvalue weighted by atomic mass is 16.5. The maximum atomic E-state index is 13.6. The van der Waals surface area contributed by atoms with E-state index in [0.717, 1.165) is 5.56 Å². The van der Waals surface area contributed by atoms with Crippen LogP contribution < -0.4 is 26.0 Å². The summed E-state index contributed by atoms with van der Waals surface area (Å²) in [5.74, 6) is -1.27. The Labute approximate surface area is 250 Å². The molecular formula is C30H40N6O7. The van der Waals surface area contributed by atoms with Gasteiger partial charge in [-0.1, -0.05) is 31.1 Å². The maximum Gasteiger partial charge on any atom is 0.274 e. The molecule has 13 nitrogen and oxygen atoms in total. The van der Waals surface area contributed by atoms with E-state index in [-0.39, 0.29) is 43.0 Å². The molecule has 3 aliphatic rings. The molecule has 1 fully saturated rings. The number of amides is 5. The highest BCUT2D eigenvalue weighted by molar-refractivity contribution is 5.98. The monoisotopic (exact) mass is 596 g/mol. The van der Waals surface area contributed by atoms with E-state index in [0.29, 0.717) is 37.3 Å². The molecule has 5 rings (SSSR count). The van der Waals surface area contributed by atoms with Crippen molar-refractivity contribution in [1.29, 1.82) is 0 Å². The van der Waals surface area contributed by atoms with Crippen molar-refractivity contribution in [3.8, 4) is 5.75 Å². The molecule has 5 amide bonds. The first-order chi connectivity index (χ1) is 20.5. The summed E-state index contributed by atoms with van der Waals surface area (Å²) in [7, 11) is 0. The highest BCUT2D eigenvalue weighted by Crippen LogP contribution is 2.21. The van der Waals surface area contributed by atoms with Crippen LogP contribution in [0.4, 0.5) is 0 Å². The molecular weight excluding hydrogens is 556 g/mol. The normalized spacial score (nSPS) is 24.1. The molecule has 1 aromatic heterocycles. The second-order valence-electron chi connectivity index (χ2n) is 11.4. The predicted octanol–water partition coefficient (Wildman–Crippen LogP) is 0.859. The average molecular weight is 597 g/mol. The van der Waals surface area contributed by atoms with Gasteiger partial charge in [0, 0.05) is 19.0 Å². The van der Waals surface area contributed by atoms with Crippen LogP contribution in [0.1, 0.15) is 61.8 Å². The minimum atomic E-state index is -1.05. The summed E-state index contributed by atoms with van der Waals surface area (Å²) < 4.78 is 10.8. The first kappa shape index (κ1) is 31.5. The number of carbonyl (C=O) groups excluding carboxylic acids is 5. The molecule has 0 spiro atoms. The van der Waals surface area contributed by atoms with Crippen molar-refractivity contribution >= 4 is 29.5 Å². The van der Waals surface area contributed by atoms with E-state index in [1.165, 1.54) is 17.9 Å². The van der Waals surface area contributed by atoms with Gasteiger partial charge in [-0.2, -0.15) is 0 Å². The molecule has 13 heteroatoms. The first-order valence-corrected chi connectivity index (χ1v) is 14.7. The van der Waals surface area contributed by atoms with Crippen LogP contribution in [0.2, 0.25) is 0 Å². The quantitative estimate of drug-likeness (QED) is 0.402. The molecule has 3 aliphatic heterocycles. The smallest absolute Gasteiger partial charge is 0.274 e. The lowest BCUT2D eigenvalue weighted by Crippen LogP contribution is -2.58. The van der Waals surface area contributed by atoms with Gasteiger partial charge in [0.05, 0.1) is 6.54 Å². The van der Waals surface area contributed by atoms with Gasteiger partial charge in [-0.15, -0.1) is 0 Å². The number of ether oxygens (including phenoxy) is 1. The van der Waals surface area contributed by atoms with Gasteiger partial charge in [-0.25, -0.2) is 0 Å². The van der Waals surface area contributed by atoms with E-state index in [1.807, 2.05) is 13.8 Å². The summed E-state index contributed by atoms with van der Waals surface area (Å²) in [6, 6.07) is 4.87. The van der Waals surface area contributed by atoms with E-state index in [9.17, 15) is 24.0 Å². The number of hydrogen-bond donors (Lipinski definition) is 4. The lowest BCUT2D eigenvalue weighted by atomic mass is 10.0. The minimum absolute atomic E-state index is 0.0219. The molecule has 4 atom stereocenters. The molecule has 232 valence electrons. The van der Waals surface area contributed by atoms with Crippen LogP contribution in [0.15, 0.2) is 34.9 Å². The minimum Gasteiger partial charge on any atom is -0.492 e. The van der Waals surface area contributed by atoms with Crippen molar-refractivity contribution in [3.63, 3.8) is 0 Å². The summed E-state index contributed by atoms with van der Waals surface area (Å²) in [4.78, 5) is 67.7. The van der Waals surface area contributed by atoms with E-state index >= 15 is 0 Å². The lowest BCUT2D eigenvalue weighted by molar-refractivity contribution is -0.142. The van der Waals surface area contributed by atoms with Gasteiger partial charge in [0.15, 0.2) is 5.69 Å². The molecule has 1 aromatic carbocycles. The second-order valence-corrected chi connectivity index (χ2v) is 11.4. The van der Waals surface area contributed by atoms with Gasteiger partial charge in [-0.05, 0) is 56.7 Å². The van der Waals surface area contributed by atoms with Crippen LogP contribution in [0.25, 0.3) is 0 Å². The zero-order valence-corrected chi connectivity index (χ0v) is 25.0. The maximum absolute atomic E-state index is 13.6. The molecule has 0 aliphatic carbocycles. The van der Waals surface area contributed by atoms with Crippen LogP contribution in [0.5, 0.6) is 5.75 Å². The van der Waals surface area contributed by atoms with Crippen molar-refractivity contribution in [2.45, 2.75) is 77.5 Å². The number of hydrogen-bond acceptors (Lipinski definition) is 8. The Balaban J connectivity index is 1.59. The molecule has 0 radical (unpaired) electrons. The fraction of sp³-hybridized carbons (Fsp3) is 0.533. The summed E-state index contributed by atoms with van der Waals surface area (Å²) in [6.07, 6.45) is 1.66. The molecule has 43 heavy (non-hydrogen) atoms. The molecule has 2 aromatic rings. The Morgan fingerprint density at radius 1 is 1.09 bits per heavy atom. The Morgan fingerprint density at radius 2 is 1.84 bits per heavy atom. The number of aryl methyl sites for hydroxylation is 1. The van der Waals surface area contributed by atoms with Crippen molar-refractivity contribution in [2.75, 3.05) is 19.7 Å². The standard InChI is InChI=1S/C30H40N6O7/c1-17(2)14-24-30(41)36-12-5-6-25(36)29(40)31-11-13-42-21-9-7-20(8-10-21)16-22(27(38)32-19(4)26(37)34-24)33-28(39)23-15-18(3)43-35-23/h7-10,15,17,19,22,24-25H,5-6,11-14,16H2,1-4H3,(H,31,40)(H,32,38)(H,33,39)(H,34,37)/t19-,22+,24+,25-/m1/s1. The molecule has 1 saturated heterocycles. The van der Waals surface area contributed by atoms with Crippen molar-refractivity contribution in [1.82, 2.24) is 31.3 Å². The SMILES string of the molecule is Cc1cc(C(=O)N[C@H]2Cc3ccc(cc3)OCCNC(=O)[C@H]3CCCN3C(=O)[C@H](CC(C)C)NC(=O)[C@@H](C)NC2=O)no1. The Morgan fingerprint density at radius 3 is 2.51 bits per heavy atom. The van der Waals surface area contributed by atoms with Gasteiger partial charge in [0.25, 0.3) is 5.91 Å². The summed E-state index contributed by atoms with van der Waals surface area (Å²) in [5, 5.41) is 14.7. The van der Waals surface area contributed by atoms with Crippen molar-refractivity contribution in [3.05, 3.63) is 47.3 Å². The van der Waals surface area contributed by atoms with E-state index in [1.54, 1.807) is 31.2 Å². The Bertz CT molecular complexity index is 1320. The summed E-state index contributed by atoms with van der Waals surface area (Å²) in [5.41, 5.74) is 0.751. The number of fused-ring (bicyclic) bond motifs is 14. The van der Waals surface area contributed by atoms with Crippen LogP contribution in [-0.2, 0) is 25.6 Å². The van der Waals surface area contributed by atoms with Gasteiger partial charge in [0.2, 0.25) is 23.6 Å². The number of carbonyl (C=O) groups is 5. The first-order valence-electron chi connectivity index (χ1n) is 14.7. The van der Waals surface area contributed by atoms with E-state index in [4.69, 9.17) is 9.26 Å². The lowest BCUT2D eigenvalue weighted by Gasteiger charge is -2.30. The van der Waals surface area contributed by atoms with Crippen LogP contribution >= 0.6 is 0 Å². The number of nitrogens with one attached hydrogen (secondary N) is 4. The summed E-state index contributed by atoms with van der Waals surface area (Å²) in [6.45, 7) is 7.90. The molecule has 2 bridgehead atoms. The number of aromatic nitrogens is 1. The number of benzene rings is 1. The highest BCUT2D eigenvalue weighted by Gasteiger charge is 2.38. The molecule has 4 heterocycles. The number of rotatable bonds is 4. The third kappa shape index (κ3) is 8.33. The fourth-order valence-corrected chi connectivity index (χ4v) is 5.21. The van der Waals surface area contributed by atoms with Crippen LogP contribution in [0.3, 0.4) is 0 Å². The summed E-state index contributed by atoms with van der Waals surface area (Å²) >= 11 is 0. The van der Waals surface area contributed by atoms with Gasteiger partial charge >= 0.3 is 0 Å². The van der Waals surface area contributed by atoms with Gasteiger partial charge in [-0.3, -0.25) is 24.0 Å². The molecule has 4 N–H and O–H groups in total. The van der Waals surface area contributed by atoms with Crippen molar-refractivity contribution in [2.24, 2.45) is 5.92 Å². The van der Waals surface area contributed by atoms with Crippen LogP contribution in [0, 0.1) is 12.8 Å².